The number of amides is 1. The minimum Gasteiger partial charge on any atom is -0.493 e. The number of hydrogen-bond acceptors (Lipinski definition) is 5. The molecule has 0 bridgehead atoms. The highest BCUT2D eigenvalue weighted by Gasteiger charge is 2.26. The predicted molar refractivity (Wildman–Crippen MR) is 107 cm³/mol. The molecule has 0 spiro atoms. The van der Waals surface area contributed by atoms with Crippen LogP contribution >= 0.6 is 11.3 Å². The van der Waals surface area contributed by atoms with E-state index >= 15 is 0 Å². The summed E-state index contributed by atoms with van der Waals surface area (Å²) >= 11 is 1.64. The van der Waals surface area contributed by atoms with Crippen LogP contribution in [0.15, 0.2) is 41.8 Å². The standard InChI is InChI=1S/C21H20N2O3S/c1-13-22-17(12-27-13)14-4-6-18-15(10-14)8-9-23(18)21(24)16-5-7-19(25-2)20(11-16)26-3/h4-7,10-12H,8-9H2,1-3H3. The molecule has 5 nitrogen and oxygen atoms in total. The second kappa shape index (κ2) is 7.04. The normalized spacial score (nSPS) is 12.8. The molecule has 0 atom stereocenters. The summed E-state index contributed by atoms with van der Waals surface area (Å²) in [6.45, 7) is 2.67. The Morgan fingerprint density at radius 1 is 1.11 bits per heavy atom. The fourth-order valence-corrected chi connectivity index (χ4v) is 4.02. The van der Waals surface area contributed by atoms with Gasteiger partial charge in [0.2, 0.25) is 0 Å². The maximum absolute atomic E-state index is 13.1. The summed E-state index contributed by atoms with van der Waals surface area (Å²) in [5, 5.41) is 3.12. The molecule has 1 amide bonds. The van der Waals surface area contributed by atoms with Crippen LogP contribution < -0.4 is 14.4 Å². The highest BCUT2D eigenvalue weighted by molar-refractivity contribution is 7.09. The zero-order valence-corrected chi connectivity index (χ0v) is 16.3. The number of nitrogens with zero attached hydrogens (tertiary/aromatic N) is 2. The van der Waals surface area contributed by atoms with Crippen molar-refractivity contribution in [2.75, 3.05) is 25.7 Å². The van der Waals surface area contributed by atoms with Crippen molar-refractivity contribution in [3.8, 4) is 22.8 Å². The van der Waals surface area contributed by atoms with Crippen LogP contribution in [0.5, 0.6) is 11.5 Å². The van der Waals surface area contributed by atoms with Gasteiger partial charge >= 0.3 is 0 Å². The molecular formula is C21H20N2O3S. The first-order valence-corrected chi connectivity index (χ1v) is 9.58. The number of carbonyl (C=O) groups is 1. The van der Waals surface area contributed by atoms with E-state index in [1.807, 2.05) is 24.0 Å². The van der Waals surface area contributed by atoms with E-state index in [4.69, 9.17) is 9.47 Å². The Morgan fingerprint density at radius 2 is 1.93 bits per heavy atom. The number of ether oxygens (including phenoxy) is 2. The Morgan fingerprint density at radius 3 is 2.63 bits per heavy atom. The fraction of sp³-hybridized carbons (Fsp3) is 0.238. The molecule has 1 aliphatic rings. The molecule has 3 aromatic rings. The lowest BCUT2D eigenvalue weighted by Crippen LogP contribution is -2.28. The Bertz CT molecular complexity index is 1010. The second-order valence-electron chi connectivity index (χ2n) is 6.37. The first-order chi connectivity index (χ1) is 13.1. The van der Waals surface area contributed by atoms with Crippen LogP contribution in [-0.2, 0) is 6.42 Å². The molecule has 2 aromatic carbocycles. The van der Waals surface area contributed by atoms with E-state index in [1.54, 1.807) is 43.8 Å². The lowest BCUT2D eigenvalue weighted by atomic mass is 10.1. The zero-order valence-electron chi connectivity index (χ0n) is 15.5. The van der Waals surface area contributed by atoms with Gasteiger partial charge in [0.05, 0.1) is 24.9 Å². The van der Waals surface area contributed by atoms with E-state index in [1.165, 1.54) is 5.56 Å². The Hall–Kier alpha value is -2.86. The molecule has 4 rings (SSSR count). The van der Waals surface area contributed by atoms with Crippen molar-refractivity contribution >= 4 is 22.9 Å². The maximum Gasteiger partial charge on any atom is 0.258 e. The van der Waals surface area contributed by atoms with Crippen LogP contribution in [0.3, 0.4) is 0 Å². The third-order valence-electron chi connectivity index (χ3n) is 4.77. The highest BCUT2D eigenvalue weighted by Crippen LogP contribution is 2.35. The molecule has 0 aliphatic carbocycles. The number of carbonyl (C=O) groups excluding carboxylic acids is 1. The van der Waals surface area contributed by atoms with Crippen LogP contribution in [0, 0.1) is 6.92 Å². The molecule has 0 unspecified atom stereocenters. The summed E-state index contributed by atoms with van der Waals surface area (Å²) in [6.07, 6.45) is 0.839. The van der Waals surface area contributed by atoms with Crippen molar-refractivity contribution in [3.05, 3.63) is 57.9 Å². The van der Waals surface area contributed by atoms with Crippen molar-refractivity contribution in [2.24, 2.45) is 0 Å². The van der Waals surface area contributed by atoms with Gasteiger partial charge in [-0.05, 0) is 49.2 Å². The monoisotopic (exact) mass is 380 g/mol. The summed E-state index contributed by atoms with van der Waals surface area (Å²) in [7, 11) is 3.15. The molecule has 138 valence electrons. The van der Waals surface area contributed by atoms with Gasteiger partial charge in [0.25, 0.3) is 5.91 Å². The topological polar surface area (TPSA) is 51.7 Å². The predicted octanol–water partition coefficient (Wildman–Crippen LogP) is 4.34. The largest absolute Gasteiger partial charge is 0.493 e. The van der Waals surface area contributed by atoms with Gasteiger partial charge < -0.3 is 14.4 Å². The van der Waals surface area contributed by atoms with E-state index in [-0.39, 0.29) is 5.91 Å². The Kier molecular flexibility index (Phi) is 4.58. The van der Waals surface area contributed by atoms with Gasteiger partial charge in [0.15, 0.2) is 11.5 Å². The average molecular weight is 380 g/mol. The summed E-state index contributed by atoms with van der Waals surface area (Å²) in [5.41, 5.74) is 4.81. The van der Waals surface area contributed by atoms with Crippen LogP contribution in [0.2, 0.25) is 0 Å². The SMILES string of the molecule is COc1ccc(C(=O)N2CCc3cc(-c4csc(C)n4)ccc32)cc1OC. The number of hydrogen-bond donors (Lipinski definition) is 0. The van der Waals surface area contributed by atoms with Gasteiger partial charge in [-0.25, -0.2) is 4.98 Å². The summed E-state index contributed by atoms with van der Waals surface area (Å²) in [5.74, 6) is 1.13. The average Bonchev–Trinajstić information content (AvgIpc) is 3.32. The lowest BCUT2D eigenvalue weighted by Gasteiger charge is -2.18. The maximum atomic E-state index is 13.1. The third kappa shape index (κ3) is 3.17. The van der Waals surface area contributed by atoms with E-state index in [9.17, 15) is 4.79 Å². The first kappa shape index (κ1) is 17.5. The van der Waals surface area contributed by atoms with Crippen LogP contribution in [0.25, 0.3) is 11.3 Å². The minimum absolute atomic E-state index is 0.0352. The number of thiazole rings is 1. The molecule has 1 aromatic heterocycles. The van der Waals surface area contributed by atoms with Crippen molar-refractivity contribution in [2.45, 2.75) is 13.3 Å². The van der Waals surface area contributed by atoms with Gasteiger partial charge in [-0.2, -0.15) is 0 Å². The van der Waals surface area contributed by atoms with Gasteiger partial charge in [-0.1, -0.05) is 6.07 Å². The van der Waals surface area contributed by atoms with E-state index in [0.29, 0.717) is 23.6 Å². The quantitative estimate of drug-likeness (QED) is 0.676. The zero-order chi connectivity index (χ0) is 19.0. The third-order valence-corrected chi connectivity index (χ3v) is 5.54. The van der Waals surface area contributed by atoms with Gasteiger partial charge in [-0.3, -0.25) is 4.79 Å². The van der Waals surface area contributed by atoms with Crippen molar-refractivity contribution < 1.29 is 14.3 Å². The van der Waals surface area contributed by atoms with Gasteiger partial charge in [0, 0.05) is 28.7 Å². The molecule has 2 heterocycles. The number of methoxy groups -OCH3 is 2. The van der Waals surface area contributed by atoms with E-state index < -0.39 is 0 Å². The smallest absolute Gasteiger partial charge is 0.258 e. The number of benzene rings is 2. The fourth-order valence-electron chi connectivity index (χ4n) is 3.39. The van der Waals surface area contributed by atoms with Crippen LogP contribution in [0.1, 0.15) is 20.9 Å². The second-order valence-corrected chi connectivity index (χ2v) is 7.43. The summed E-state index contributed by atoms with van der Waals surface area (Å²) in [6, 6.07) is 11.5. The minimum atomic E-state index is -0.0352. The lowest BCUT2D eigenvalue weighted by molar-refractivity contribution is 0.0989. The molecule has 0 saturated heterocycles. The number of aryl methyl sites for hydroxylation is 1. The van der Waals surface area contributed by atoms with E-state index in [0.717, 1.165) is 28.4 Å². The highest BCUT2D eigenvalue weighted by atomic mass is 32.1. The van der Waals surface area contributed by atoms with Crippen molar-refractivity contribution in [1.29, 1.82) is 0 Å². The number of fused-ring (bicyclic) bond motifs is 1. The van der Waals surface area contributed by atoms with Crippen molar-refractivity contribution in [3.63, 3.8) is 0 Å². The van der Waals surface area contributed by atoms with Crippen LogP contribution in [0.4, 0.5) is 5.69 Å². The van der Waals surface area contributed by atoms with Gasteiger partial charge in [-0.15, -0.1) is 11.3 Å². The number of anilines is 1. The molecule has 0 N–H and O–H groups in total. The van der Waals surface area contributed by atoms with Gasteiger partial charge in [0.1, 0.15) is 0 Å². The Balaban J connectivity index is 1.63. The summed E-state index contributed by atoms with van der Waals surface area (Å²) in [4.78, 5) is 19.4. The molecule has 0 radical (unpaired) electrons. The molecule has 1 aliphatic heterocycles. The Labute approximate surface area is 162 Å². The first-order valence-electron chi connectivity index (χ1n) is 8.70. The number of rotatable bonds is 4. The summed E-state index contributed by atoms with van der Waals surface area (Å²) < 4.78 is 10.6. The molecule has 0 fully saturated rings. The number of aromatic nitrogens is 1. The molecule has 6 heteroatoms. The molecule has 27 heavy (non-hydrogen) atoms. The van der Waals surface area contributed by atoms with Crippen molar-refractivity contribution in [1.82, 2.24) is 4.98 Å². The van der Waals surface area contributed by atoms with Crippen LogP contribution in [-0.4, -0.2) is 31.7 Å². The van der Waals surface area contributed by atoms with E-state index in [2.05, 4.69) is 16.4 Å². The molecule has 0 saturated carbocycles. The molecular weight excluding hydrogens is 360 g/mol.